The molecule has 108 valence electrons. The van der Waals surface area contributed by atoms with E-state index in [9.17, 15) is 0 Å². The second-order valence-electron chi connectivity index (χ2n) is 5.65. The van der Waals surface area contributed by atoms with Crippen LogP contribution in [0, 0.1) is 12.8 Å². The fraction of sp³-hybridized carbons (Fsp3) is 0.786. The first-order chi connectivity index (χ1) is 9.02. The monoisotopic (exact) mass is 284 g/mol. The van der Waals surface area contributed by atoms with E-state index in [1.54, 1.807) is 0 Å². The molecule has 1 aliphatic heterocycles. The number of aromatic nitrogens is 2. The standard InChI is InChI=1S/C14H25ClN4/c1-5-10(2)12-8-19(7-6-16-12)9-13-14(15)11(3)17-18(13)4/h10,12,16H,5-9H2,1-4H3. The van der Waals surface area contributed by atoms with Crippen LogP contribution in [0.3, 0.4) is 0 Å². The average molecular weight is 285 g/mol. The van der Waals surface area contributed by atoms with Gasteiger partial charge in [-0.05, 0) is 12.8 Å². The van der Waals surface area contributed by atoms with Crippen molar-refractivity contribution in [2.45, 2.75) is 39.8 Å². The summed E-state index contributed by atoms with van der Waals surface area (Å²) in [5, 5.41) is 8.83. The predicted octanol–water partition coefficient (Wildman–Crippen LogP) is 2.20. The highest BCUT2D eigenvalue weighted by atomic mass is 35.5. The quantitative estimate of drug-likeness (QED) is 0.920. The molecule has 0 aliphatic carbocycles. The number of hydrogen-bond donors (Lipinski definition) is 1. The van der Waals surface area contributed by atoms with Crippen LogP contribution in [0.15, 0.2) is 0 Å². The summed E-state index contributed by atoms with van der Waals surface area (Å²) in [7, 11) is 1.97. The second kappa shape index (κ2) is 6.25. The van der Waals surface area contributed by atoms with Crippen molar-refractivity contribution in [2.24, 2.45) is 13.0 Å². The Kier molecular flexibility index (Phi) is 4.87. The molecule has 1 N–H and O–H groups in total. The fourth-order valence-electron chi connectivity index (χ4n) is 2.71. The van der Waals surface area contributed by atoms with Gasteiger partial charge in [-0.2, -0.15) is 5.10 Å². The lowest BCUT2D eigenvalue weighted by Crippen LogP contribution is -2.52. The molecule has 0 radical (unpaired) electrons. The van der Waals surface area contributed by atoms with E-state index in [0.717, 1.165) is 42.6 Å². The highest BCUT2D eigenvalue weighted by Crippen LogP contribution is 2.22. The smallest absolute Gasteiger partial charge is 0.0860 e. The highest BCUT2D eigenvalue weighted by molar-refractivity contribution is 6.31. The summed E-state index contributed by atoms with van der Waals surface area (Å²) in [5.74, 6) is 0.714. The van der Waals surface area contributed by atoms with Gasteiger partial charge in [-0.15, -0.1) is 0 Å². The van der Waals surface area contributed by atoms with Gasteiger partial charge in [0.05, 0.1) is 16.4 Å². The molecule has 19 heavy (non-hydrogen) atoms. The third kappa shape index (κ3) is 3.30. The lowest BCUT2D eigenvalue weighted by molar-refractivity contribution is 0.159. The molecule has 1 saturated heterocycles. The summed E-state index contributed by atoms with van der Waals surface area (Å²) in [4.78, 5) is 2.48. The van der Waals surface area contributed by atoms with Gasteiger partial charge < -0.3 is 5.32 Å². The molecule has 4 nitrogen and oxygen atoms in total. The molecule has 1 fully saturated rings. The third-order valence-corrected chi connectivity index (χ3v) is 4.75. The number of aryl methyl sites for hydroxylation is 2. The maximum absolute atomic E-state index is 6.33. The van der Waals surface area contributed by atoms with Crippen LogP contribution in [0.5, 0.6) is 0 Å². The predicted molar refractivity (Wildman–Crippen MR) is 79.5 cm³/mol. The van der Waals surface area contributed by atoms with Crippen LogP contribution in [-0.2, 0) is 13.6 Å². The Bertz CT molecular complexity index is 429. The zero-order valence-corrected chi connectivity index (χ0v) is 13.2. The van der Waals surface area contributed by atoms with E-state index in [-0.39, 0.29) is 0 Å². The molecular formula is C14H25ClN4. The molecule has 0 spiro atoms. The zero-order valence-electron chi connectivity index (χ0n) is 12.4. The Balaban J connectivity index is 2.02. The van der Waals surface area contributed by atoms with E-state index in [4.69, 9.17) is 11.6 Å². The van der Waals surface area contributed by atoms with Crippen LogP contribution in [0.4, 0.5) is 0 Å². The number of nitrogens with zero attached hydrogens (tertiary/aromatic N) is 3. The van der Waals surface area contributed by atoms with Gasteiger partial charge >= 0.3 is 0 Å². The number of piperazine rings is 1. The molecule has 0 amide bonds. The minimum Gasteiger partial charge on any atom is -0.311 e. The average Bonchev–Trinajstić information content (AvgIpc) is 2.65. The van der Waals surface area contributed by atoms with Crippen molar-refractivity contribution in [3.63, 3.8) is 0 Å². The molecular weight excluding hydrogens is 260 g/mol. The van der Waals surface area contributed by atoms with Gasteiger partial charge in [0.25, 0.3) is 0 Å². The molecule has 2 atom stereocenters. The molecule has 0 aromatic carbocycles. The van der Waals surface area contributed by atoms with Crippen LogP contribution < -0.4 is 5.32 Å². The van der Waals surface area contributed by atoms with Crippen LogP contribution in [0.2, 0.25) is 5.02 Å². The summed E-state index contributed by atoms with van der Waals surface area (Å²) in [6, 6.07) is 0.590. The van der Waals surface area contributed by atoms with E-state index in [1.165, 1.54) is 6.42 Å². The number of hydrogen-bond acceptors (Lipinski definition) is 3. The Morgan fingerprint density at radius 2 is 2.26 bits per heavy atom. The summed E-state index contributed by atoms with van der Waals surface area (Å²) >= 11 is 6.33. The number of rotatable bonds is 4. The van der Waals surface area contributed by atoms with Crippen molar-refractivity contribution in [3.05, 3.63) is 16.4 Å². The second-order valence-corrected chi connectivity index (χ2v) is 6.03. The summed E-state index contributed by atoms with van der Waals surface area (Å²) in [5.41, 5.74) is 2.05. The van der Waals surface area contributed by atoms with Gasteiger partial charge in [0.2, 0.25) is 0 Å². The van der Waals surface area contributed by atoms with E-state index in [2.05, 4.69) is 29.2 Å². The summed E-state index contributed by atoms with van der Waals surface area (Å²) in [6.45, 7) is 10.7. The molecule has 1 aliphatic rings. The van der Waals surface area contributed by atoms with E-state index in [1.807, 2.05) is 18.7 Å². The number of nitrogens with one attached hydrogen (secondary N) is 1. The van der Waals surface area contributed by atoms with Crippen LogP contribution in [0.1, 0.15) is 31.7 Å². The molecule has 2 rings (SSSR count). The molecule has 0 saturated carbocycles. The SMILES string of the molecule is CCC(C)C1CN(Cc2c(Cl)c(C)nn2C)CCN1. The van der Waals surface area contributed by atoms with Crippen LogP contribution in [0.25, 0.3) is 0 Å². The Labute approximate surface area is 121 Å². The maximum Gasteiger partial charge on any atom is 0.0860 e. The van der Waals surface area contributed by atoms with Crippen molar-refractivity contribution in [1.82, 2.24) is 20.0 Å². The third-order valence-electron chi connectivity index (χ3n) is 4.26. The summed E-state index contributed by atoms with van der Waals surface area (Å²) in [6.07, 6.45) is 1.22. The van der Waals surface area contributed by atoms with Gasteiger partial charge in [0, 0.05) is 39.3 Å². The summed E-state index contributed by atoms with van der Waals surface area (Å²) < 4.78 is 1.91. The minimum atomic E-state index is 0.590. The minimum absolute atomic E-state index is 0.590. The normalized spacial score (nSPS) is 22.7. The maximum atomic E-state index is 6.33. The largest absolute Gasteiger partial charge is 0.311 e. The van der Waals surface area contributed by atoms with Crippen LogP contribution in [-0.4, -0.2) is 40.4 Å². The molecule has 1 aromatic heterocycles. The molecule has 5 heteroatoms. The zero-order chi connectivity index (χ0) is 14.0. The first-order valence-electron chi connectivity index (χ1n) is 7.16. The first kappa shape index (κ1) is 14.8. The van der Waals surface area contributed by atoms with Gasteiger partial charge in [0.15, 0.2) is 0 Å². The van der Waals surface area contributed by atoms with Crippen molar-refractivity contribution in [2.75, 3.05) is 19.6 Å². The van der Waals surface area contributed by atoms with E-state index < -0.39 is 0 Å². The molecule has 2 heterocycles. The van der Waals surface area contributed by atoms with Gasteiger partial charge in [-0.1, -0.05) is 31.9 Å². The van der Waals surface area contributed by atoms with Crippen LogP contribution >= 0.6 is 11.6 Å². The van der Waals surface area contributed by atoms with E-state index in [0.29, 0.717) is 12.0 Å². The fourth-order valence-corrected chi connectivity index (χ4v) is 2.93. The van der Waals surface area contributed by atoms with Gasteiger partial charge in [-0.25, -0.2) is 0 Å². The Morgan fingerprint density at radius 1 is 1.53 bits per heavy atom. The van der Waals surface area contributed by atoms with Crippen molar-refractivity contribution < 1.29 is 0 Å². The van der Waals surface area contributed by atoms with Crippen molar-refractivity contribution >= 4 is 11.6 Å². The Morgan fingerprint density at radius 3 is 2.84 bits per heavy atom. The highest BCUT2D eigenvalue weighted by Gasteiger charge is 2.24. The first-order valence-corrected chi connectivity index (χ1v) is 7.54. The lowest BCUT2D eigenvalue weighted by Gasteiger charge is -2.36. The molecule has 2 unspecified atom stereocenters. The lowest BCUT2D eigenvalue weighted by atomic mass is 9.97. The topological polar surface area (TPSA) is 33.1 Å². The van der Waals surface area contributed by atoms with Crippen molar-refractivity contribution in [3.8, 4) is 0 Å². The van der Waals surface area contributed by atoms with Gasteiger partial charge in [0.1, 0.15) is 0 Å². The Hall–Kier alpha value is -0.580. The van der Waals surface area contributed by atoms with Crippen molar-refractivity contribution in [1.29, 1.82) is 0 Å². The molecule has 1 aromatic rings. The number of halogens is 1. The molecule has 0 bridgehead atoms. The van der Waals surface area contributed by atoms with E-state index >= 15 is 0 Å². The van der Waals surface area contributed by atoms with Gasteiger partial charge in [-0.3, -0.25) is 9.58 Å².